The Hall–Kier alpha value is -3.14. The lowest BCUT2D eigenvalue weighted by Gasteiger charge is -2.50. The smallest absolute Gasteiger partial charge is 0.410 e. The fourth-order valence-corrected chi connectivity index (χ4v) is 6.20. The topological polar surface area (TPSA) is 101 Å². The van der Waals surface area contributed by atoms with Gasteiger partial charge in [-0.1, -0.05) is 42.5 Å². The molecule has 0 saturated carbocycles. The van der Waals surface area contributed by atoms with Gasteiger partial charge in [0.2, 0.25) is 0 Å². The van der Waals surface area contributed by atoms with Crippen molar-refractivity contribution in [2.24, 2.45) is 11.3 Å². The van der Waals surface area contributed by atoms with E-state index < -0.39 is 29.1 Å². The van der Waals surface area contributed by atoms with Crippen molar-refractivity contribution in [3.8, 4) is 5.75 Å². The summed E-state index contributed by atoms with van der Waals surface area (Å²) in [4.78, 5) is 30.5. The second-order valence-corrected chi connectivity index (χ2v) is 12.4. The number of nitrogens with zero attached hydrogens (tertiary/aromatic N) is 2. The lowest BCUT2D eigenvalue weighted by atomic mass is 9.71. The molecule has 5 rings (SSSR count). The second-order valence-electron chi connectivity index (χ2n) is 12.4. The molecule has 0 aromatic heterocycles. The van der Waals surface area contributed by atoms with Gasteiger partial charge in [-0.15, -0.1) is 0 Å². The highest BCUT2D eigenvalue weighted by Crippen LogP contribution is 2.45. The number of rotatable bonds is 7. The van der Waals surface area contributed by atoms with Gasteiger partial charge in [0.1, 0.15) is 23.6 Å². The van der Waals surface area contributed by atoms with Crippen LogP contribution in [-0.2, 0) is 27.2 Å². The van der Waals surface area contributed by atoms with Gasteiger partial charge in [-0.3, -0.25) is 9.69 Å². The van der Waals surface area contributed by atoms with E-state index in [-0.39, 0.29) is 18.1 Å². The van der Waals surface area contributed by atoms with E-state index in [1.165, 1.54) is 5.56 Å². The third-order valence-corrected chi connectivity index (χ3v) is 8.15. The molecule has 1 amide bonds. The van der Waals surface area contributed by atoms with Crippen LogP contribution in [0.25, 0.3) is 0 Å². The predicted molar refractivity (Wildman–Crippen MR) is 150 cm³/mol. The van der Waals surface area contributed by atoms with Crippen LogP contribution >= 0.6 is 0 Å². The number of benzene rings is 2. The molecule has 3 aliphatic heterocycles. The number of nitrogens with one attached hydrogen (secondary N) is 1. The van der Waals surface area contributed by atoms with Crippen LogP contribution in [0.3, 0.4) is 0 Å². The van der Waals surface area contributed by atoms with Crippen molar-refractivity contribution in [1.82, 2.24) is 15.1 Å². The number of esters is 1. The normalized spacial score (nSPS) is 26.0. The van der Waals surface area contributed by atoms with Gasteiger partial charge in [0.25, 0.3) is 0 Å². The van der Waals surface area contributed by atoms with Gasteiger partial charge in [0, 0.05) is 44.7 Å². The average molecular weight is 552 g/mol. The predicted octanol–water partition coefficient (Wildman–Crippen LogP) is 2.85. The number of hydrogen-bond donors (Lipinski definition) is 2. The van der Waals surface area contributed by atoms with Gasteiger partial charge >= 0.3 is 12.1 Å². The van der Waals surface area contributed by atoms with E-state index in [4.69, 9.17) is 14.2 Å². The Morgan fingerprint density at radius 3 is 2.38 bits per heavy atom. The maximum atomic E-state index is 13.8. The highest BCUT2D eigenvalue weighted by atomic mass is 16.6. The first-order valence-electron chi connectivity index (χ1n) is 14.0. The van der Waals surface area contributed by atoms with Gasteiger partial charge in [-0.2, -0.15) is 0 Å². The van der Waals surface area contributed by atoms with E-state index in [2.05, 4.69) is 22.3 Å². The van der Waals surface area contributed by atoms with Crippen molar-refractivity contribution in [1.29, 1.82) is 0 Å². The maximum absolute atomic E-state index is 13.8. The minimum Gasteiger partial charge on any atom is -0.497 e. The standard InChI is InChI=1S/C31H41N3O6/c1-30(2,3)40-29(37)34-19-31(20-34)18-33(16-22-8-6-5-7-9-22)17-24(31)28(36)39-27-25(32-15-26(27)35)14-21-10-12-23(38-4)13-11-21/h5-13,24-27,32,35H,14-20H2,1-4H3/t24?,25-,26+,27+/m1/s1. The van der Waals surface area contributed by atoms with E-state index >= 15 is 0 Å². The second kappa shape index (κ2) is 11.4. The third-order valence-electron chi connectivity index (χ3n) is 8.15. The quantitative estimate of drug-likeness (QED) is 0.507. The Bertz CT molecular complexity index is 1180. The van der Waals surface area contributed by atoms with Crippen LogP contribution in [0.2, 0.25) is 0 Å². The molecule has 3 saturated heterocycles. The SMILES string of the molecule is COc1ccc(C[C@H]2NC[C@H](O)[C@H]2OC(=O)C2CN(Cc3ccccc3)CC23CN(C(=O)OC(C)(C)C)C3)cc1. The molecule has 216 valence electrons. The van der Waals surface area contributed by atoms with E-state index in [9.17, 15) is 14.7 Å². The molecule has 0 bridgehead atoms. The van der Waals surface area contributed by atoms with Crippen molar-refractivity contribution in [2.45, 2.75) is 57.6 Å². The number of ether oxygens (including phenoxy) is 3. The van der Waals surface area contributed by atoms with Gasteiger partial charge in [-0.25, -0.2) is 4.79 Å². The van der Waals surface area contributed by atoms with Crippen LogP contribution in [0.15, 0.2) is 54.6 Å². The Morgan fingerprint density at radius 1 is 1.02 bits per heavy atom. The molecule has 40 heavy (non-hydrogen) atoms. The summed E-state index contributed by atoms with van der Waals surface area (Å²) in [6.45, 7) is 8.72. The summed E-state index contributed by atoms with van der Waals surface area (Å²) in [7, 11) is 1.63. The Kier molecular flexibility index (Phi) is 8.08. The zero-order valence-corrected chi connectivity index (χ0v) is 23.8. The van der Waals surface area contributed by atoms with Crippen molar-refractivity contribution in [2.75, 3.05) is 39.8 Å². The molecule has 3 fully saturated rings. The Morgan fingerprint density at radius 2 is 1.73 bits per heavy atom. The zero-order valence-electron chi connectivity index (χ0n) is 23.8. The Balaban J connectivity index is 1.29. The summed E-state index contributed by atoms with van der Waals surface area (Å²) >= 11 is 0. The number of likely N-dealkylation sites (tertiary alicyclic amines) is 2. The molecule has 0 radical (unpaired) electrons. The summed E-state index contributed by atoms with van der Waals surface area (Å²) < 4.78 is 16.9. The lowest BCUT2D eigenvalue weighted by Crippen LogP contribution is -2.64. The van der Waals surface area contributed by atoms with Crippen LogP contribution in [0.5, 0.6) is 5.75 Å². The summed E-state index contributed by atoms with van der Waals surface area (Å²) in [5, 5.41) is 14.1. The molecule has 2 N–H and O–H groups in total. The Labute approximate surface area is 236 Å². The van der Waals surface area contributed by atoms with Gasteiger partial charge in [0.15, 0.2) is 0 Å². The fourth-order valence-electron chi connectivity index (χ4n) is 6.20. The van der Waals surface area contributed by atoms with Crippen molar-refractivity contribution in [3.05, 3.63) is 65.7 Å². The molecule has 2 aromatic rings. The highest BCUT2D eigenvalue weighted by molar-refractivity contribution is 5.76. The fraction of sp³-hybridized carbons (Fsp3) is 0.548. The maximum Gasteiger partial charge on any atom is 0.410 e. The number of methoxy groups -OCH3 is 1. The number of amides is 1. The molecule has 1 spiro atoms. The first kappa shape index (κ1) is 28.4. The minimum absolute atomic E-state index is 0.204. The van der Waals surface area contributed by atoms with Gasteiger partial charge in [0.05, 0.1) is 19.1 Å². The van der Waals surface area contributed by atoms with Crippen LogP contribution < -0.4 is 10.1 Å². The highest BCUT2D eigenvalue weighted by Gasteiger charge is 2.59. The molecule has 2 aromatic carbocycles. The first-order chi connectivity index (χ1) is 19.0. The van der Waals surface area contributed by atoms with E-state index in [0.717, 1.165) is 11.3 Å². The number of aliphatic hydroxyl groups excluding tert-OH is 1. The molecule has 9 nitrogen and oxygen atoms in total. The lowest BCUT2D eigenvalue weighted by molar-refractivity contribution is -0.166. The molecule has 0 aliphatic carbocycles. The van der Waals surface area contributed by atoms with Crippen LogP contribution in [0.1, 0.15) is 31.9 Å². The molecular weight excluding hydrogens is 510 g/mol. The van der Waals surface area contributed by atoms with E-state index in [1.54, 1.807) is 12.0 Å². The largest absolute Gasteiger partial charge is 0.497 e. The van der Waals surface area contributed by atoms with Crippen LogP contribution in [0, 0.1) is 11.3 Å². The van der Waals surface area contributed by atoms with Crippen LogP contribution in [0.4, 0.5) is 4.79 Å². The molecular formula is C31H41N3O6. The van der Waals surface area contributed by atoms with Crippen LogP contribution in [-0.4, -0.2) is 90.7 Å². The number of β-amino-alcohol motifs (C(OH)–C–C–N with tert-alkyl or cyclic N) is 1. The van der Waals surface area contributed by atoms with E-state index in [0.29, 0.717) is 45.7 Å². The number of carbonyl (C=O) groups is 2. The van der Waals surface area contributed by atoms with Gasteiger partial charge < -0.3 is 29.5 Å². The first-order valence-corrected chi connectivity index (χ1v) is 14.0. The third kappa shape index (κ3) is 6.27. The van der Waals surface area contributed by atoms with Crippen molar-refractivity contribution < 1.29 is 28.9 Å². The summed E-state index contributed by atoms with van der Waals surface area (Å²) in [6, 6.07) is 17.7. The van der Waals surface area contributed by atoms with E-state index in [1.807, 2.05) is 63.2 Å². The summed E-state index contributed by atoms with van der Waals surface area (Å²) in [5.41, 5.74) is 1.24. The summed E-state index contributed by atoms with van der Waals surface area (Å²) in [6.07, 6.45) is -1.19. The number of aliphatic hydroxyl groups is 1. The molecule has 3 heterocycles. The summed E-state index contributed by atoms with van der Waals surface area (Å²) in [5.74, 6) is 0.0508. The number of carbonyl (C=O) groups excluding carboxylic acids is 2. The monoisotopic (exact) mass is 551 g/mol. The molecule has 9 heteroatoms. The van der Waals surface area contributed by atoms with Crippen molar-refractivity contribution >= 4 is 12.1 Å². The minimum atomic E-state index is -0.787. The van der Waals surface area contributed by atoms with Gasteiger partial charge in [-0.05, 0) is 50.5 Å². The molecule has 3 aliphatic rings. The zero-order chi connectivity index (χ0) is 28.5. The molecule has 4 atom stereocenters. The number of hydrogen-bond acceptors (Lipinski definition) is 8. The molecule has 1 unspecified atom stereocenters. The van der Waals surface area contributed by atoms with Crippen molar-refractivity contribution in [3.63, 3.8) is 0 Å². The average Bonchev–Trinajstić information content (AvgIpc) is 3.44.